The number of halogens is 1. The number of amides is 2. The molecule has 0 spiro atoms. The second-order valence-corrected chi connectivity index (χ2v) is 10.7. The minimum atomic E-state index is -0.590. The molecule has 1 unspecified atom stereocenters. The molecule has 2 aromatic carbocycles. The van der Waals surface area contributed by atoms with Crippen LogP contribution in [0.3, 0.4) is 0 Å². The van der Waals surface area contributed by atoms with Crippen LogP contribution in [0, 0.1) is 6.92 Å². The van der Waals surface area contributed by atoms with E-state index in [4.69, 9.17) is 4.74 Å². The van der Waals surface area contributed by atoms with Crippen molar-refractivity contribution < 1.29 is 14.3 Å². The Morgan fingerprint density at radius 3 is 2.36 bits per heavy atom. The van der Waals surface area contributed by atoms with E-state index in [1.54, 1.807) is 4.90 Å². The van der Waals surface area contributed by atoms with Crippen molar-refractivity contribution in [3.8, 4) is 5.75 Å². The molecule has 0 aliphatic carbocycles. The summed E-state index contributed by atoms with van der Waals surface area (Å²) in [6, 6.07) is 13.3. The van der Waals surface area contributed by atoms with E-state index in [1.165, 1.54) is 5.56 Å². The van der Waals surface area contributed by atoms with Gasteiger partial charge in [0.05, 0.1) is 4.47 Å². The molecule has 0 heterocycles. The number of carbonyl (C=O) groups is 2. The Kier molecular flexibility index (Phi) is 9.53. The fraction of sp³-hybridized carbons (Fsp3) is 0.481. The summed E-state index contributed by atoms with van der Waals surface area (Å²) in [5.41, 5.74) is 2.89. The van der Waals surface area contributed by atoms with Gasteiger partial charge in [-0.25, -0.2) is 0 Å². The minimum Gasteiger partial charge on any atom is -0.483 e. The van der Waals surface area contributed by atoms with Crippen molar-refractivity contribution in [2.24, 2.45) is 0 Å². The van der Waals surface area contributed by atoms with Crippen LogP contribution in [-0.4, -0.2) is 34.9 Å². The Morgan fingerprint density at radius 2 is 1.82 bits per heavy atom. The fourth-order valence-corrected chi connectivity index (χ4v) is 4.11. The van der Waals surface area contributed by atoms with Crippen LogP contribution in [0.2, 0.25) is 0 Å². The Morgan fingerprint density at radius 1 is 1.12 bits per heavy atom. The van der Waals surface area contributed by atoms with Gasteiger partial charge in [0.1, 0.15) is 11.8 Å². The summed E-state index contributed by atoms with van der Waals surface area (Å²) in [6.45, 7) is 14.2. The lowest BCUT2D eigenvalue weighted by Gasteiger charge is -2.33. The van der Waals surface area contributed by atoms with Gasteiger partial charge in [0.15, 0.2) is 6.61 Å². The summed E-state index contributed by atoms with van der Waals surface area (Å²) in [7, 11) is 0. The third kappa shape index (κ3) is 8.18. The maximum absolute atomic E-state index is 13.4. The van der Waals surface area contributed by atoms with Gasteiger partial charge in [-0.2, -0.15) is 0 Å². The van der Waals surface area contributed by atoms with E-state index in [9.17, 15) is 9.59 Å². The number of hydrogen-bond donors (Lipinski definition) is 1. The van der Waals surface area contributed by atoms with Crippen LogP contribution in [0.15, 0.2) is 46.9 Å². The average molecular weight is 518 g/mol. The summed E-state index contributed by atoms with van der Waals surface area (Å²) in [5, 5.41) is 3.02. The Labute approximate surface area is 207 Å². The zero-order valence-electron chi connectivity index (χ0n) is 20.9. The standard InChI is InChI=1S/C27H37BrN2O3/c1-8-23(26(32)29-27(5,6)7)30(16-20-11-9-10-19(4)14-20)25(31)17-33-24-13-12-21(18(2)3)15-22(24)28/h9-15,18,23H,8,16-17H2,1-7H3,(H,29,32). The zero-order valence-corrected chi connectivity index (χ0v) is 22.5. The van der Waals surface area contributed by atoms with Gasteiger partial charge in [0, 0.05) is 12.1 Å². The van der Waals surface area contributed by atoms with E-state index in [2.05, 4.69) is 35.1 Å². The molecule has 6 heteroatoms. The molecule has 2 rings (SSSR count). The highest BCUT2D eigenvalue weighted by molar-refractivity contribution is 9.10. The van der Waals surface area contributed by atoms with Gasteiger partial charge in [-0.3, -0.25) is 9.59 Å². The number of aryl methyl sites for hydroxylation is 1. The quantitative estimate of drug-likeness (QED) is 0.445. The van der Waals surface area contributed by atoms with Crippen LogP contribution in [0.4, 0.5) is 0 Å². The van der Waals surface area contributed by atoms with E-state index in [1.807, 2.05) is 77.1 Å². The number of carbonyl (C=O) groups excluding carboxylic acids is 2. The lowest BCUT2D eigenvalue weighted by Crippen LogP contribution is -2.54. The second-order valence-electron chi connectivity index (χ2n) is 9.81. The molecule has 0 aromatic heterocycles. The molecule has 0 radical (unpaired) electrons. The number of rotatable bonds is 9. The topological polar surface area (TPSA) is 58.6 Å². The Bertz CT molecular complexity index is 966. The van der Waals surface area contributed by atoms with Crippen molar-refractivity contribution in [3.63, 3.8) is 0 Å². The molecule has 0 bridgehead atoms. The SMILES string of the molecule is CCC(C(=O)NC(C)(C)C)N(Cc1cccc(C)c1)C(=O)COc1ccc(C(C)C)cc1Br. The summed E-state index contributed by atoms with van der Waals surface area (Å²) >= 11 is 3.55. The first-order valence-electron chi connectivity index (χ1n) is 11.5. The van der Waals surface area contributed by atoms with E-state index < -0.39 is 6.04 Å². The van der Waals surface area contributed by atoms with Crippen LogP contribution in [0.1, 0.15) is 70.6 Å². The maximum Gasteiger partial charge on any atom is 0.261 e. The molecule has 0 aliphatic rings. The lowest BCUT2D eigenvalue weighted by atomic mass is 10.0. The molecule has 2 aromatic rings. The van der Waals surface area contributed by atoms with Crippen molar-refractivity contribution >= 4 is 27.7 Å². The van der Waals surface area contributed by atoms with Crippen molar-refractivity contribution in [1.29, 1.82) is 0 Å². The van der Waals surface area contributed by atoms with Crippen molar-refractivity contribution in [2.75, 3.05) is 6.61 Å². The first-order chi connectivity index (χ1) is 15.4. The van der Waals surface area contributed by atoms with Gasteiger partial charge in [-0.05, 0) is 79.2 Å². The highest BCUT2D eigenvalue weighted by Crippen LogP contribution is 2.29. The van der Waals surface area contributed by atoms with E-state index >= 15 is 0 Å². The number of ether oxygens (including phenoxy) is 1. The third-order valence-corrected chi connectivity index (χ3v) is 5.91. The van der Waals surface area contributed by atoms with Crippen LogP contribution >= 0.6 is 15.9 Å². The largest absolute Gasteiger partial charge is 0.483 e. The van der Waals surface area contributed by atoms with Gasteiger partial charge in [0.25, 0.3) is 5.91 Å². The van der Waals surface area contributed by atoms with Gasteiger partial charge < -0.3 is 15.0 Å². The first kappa shape index (κ1) is 26.9. The number of benzene rings is 2. The molecule has 33 heavy (non-hydrogen) atoms. The van der Waals surface area contributed by atoms with Crippen LogP contribution in [-0.2, 0) is 16.1 Å². The lowest BCUT2D eigenvalue weighted by molar-refractivity contribution is -0.143. The normalized spacial score (nSPS) is 12.4. The molecule has 180 valence electrons. The predicted octanol–water partition coefficient (Wildman–Crippen LogP) is 5.98. The number of nitrogens with zero attached hydrogens (tertiary/aromatic N) is 1. The predicted molar refractivity (Wildman–Crippen MR) is 137 cm³/mol. The fourth-order valence-electron chi connectivity index (χ4n) is 3.60. The summed E-state index contributed by atoms with van der Waals surface area (Å²) < 4.78 is 6.69. The Balaban J connectivity index is 2.25. The van der Waals surface area contributed by atoms with Gasteiger partial charge in [-0.15, -0.1) is 0 Å². The van der Waals surface area contributed by atoms with Crippen LogP contribution in [0.25, 0.3) is 0 Å². The summed E-state index contributed by atoms with van der Waals surface area (Å²) in [4.78, 5) is 28.1. The number of hydrogen-bond acceptors (Lipinski definition) is 3. The van der Waals surface area contributed by atoms with Crippen molar-refractivity contribution in [2.45, 2.75) is 78.9 Å². The molecule has 0 aliphatic heterocycles. The van der Waals surface area contributed by atoms with Gasteiger partial charge in [-0.1, -0.05) is 56.7 Å². The molecule has 5 nitrogen and oxygen atoms in total. The smallest absolute Gasteiger partial charge is 0.261 e. The third-order valence-electron chi connectivity index (χ3n) is 5.29. The van der Waals surface area contributed by atoms with Gasteiger partial charge in [0.2, 0.25) is 5.91 Å². The van der Waals surface area contributed by atoms with Crippen LogP contribution < -0.4 is 10.1 Å². The highest BCUT2D eigenvalue weighted by Gasteiger charge is 2.31. The summed E-state index contributed by atoms with van der Waals surface area (Å²) in [6.07, 6.45) is 0.506. The van der Waals surface area contributed by atoms with Crippen LogP contribution in [0.5, 0.6) is 5.75 Å². The highest BCUT2D eigenvalue weighted by atomic mass is 79.9. The first-order valence-corrected chi connectivity index (χ1v) is 12.3. The Hall–Kier alpha value is -2.34. The molecule has 0 fully saturated rings. The average Bonchev–Trinajstić information content (AvgIpc) is 2.71. The maximum atomic E-state index is 13.4. The molecule has 0 saturated carbocycles. The second kappa shape index (κ2) is 11.7. The molecular weight excluding hydrogens is 480 g/mol. The van der Waals surface area contributed by atoms with Crippen molar-refractivity contribution in [3.05, 3.63) is 63.6 Å². The van der Waals surface area contributed by atoms with E-state index in [-0.39, 0.29) is 24.0 Å². The zero-order chi connectivity index (χ0) is 24.8. The summed E-state index contributed by atoms with van der Waals surface area (Å²) in [5.74, 6) is 0.615. The van der Waals surface area contributed by atoms with E-state index in [0.29, 0.717) is 24.6 Å². The monoisotopic (exact) mass is 516 g/mol. The molecular formula is C27H37BrN2O3. The van der Waals surface area contributed by atoms with E-state index in [0.717, 1.165) is 15.6 Å². The molecule has 2 amide bonds. The van der Waals surface area contributed by atoms with Gasteiger partial charge >= 0.3 is 0 Å². The molecule has 1 N–H and O–H groups in total. The minimum absolute atomic E-state index is 0.148. The molecule has 1 atom stereocenters. The molecule has 0 saturated heterocycles. The van der Waals surface area contributed by atoms with Crippen molar-refractivity contribution in [1.82, 2.24) is 10.2 Å². The number of nitrogens with one attached hydrogen (secondary N) is 1.